The number of carbonyl (C=O) groups excluding carboxylic acids is 1. The quantitative estimate of drug-likeness (QED) is 0.856. The lowest BCUT2D eigenvalue weighted by atomic mass is 9.84. The van der Waals surface area contributed by atoms with E-state index >= 15 is 0 Å². The molecule has 2 N–H and O–H groups in total. The average Bonchev–Trinajstić information content (AvgIpc) is 2.50. The van der Waals surface area contributed by atoms with Gasteiger partial charge in [-0.25, -0.2) is 9.97 Å². The molecule has 0 radical (unpaired) electrons. The highest BCUT2D eigenvalue weighted by Gasteiger charge is 2.39. The van der Waals surface area contributed by atoms with Crippen molar-refractivity contribution in [2.45, 2.75) is 45.7 Å². The van der Waals surface area contributed by atoms with Gasteiger partial charge in [0.05, 0.1) is 0 Å². The Bertz CT molecular complexity index is 605. The predicted octanol–water partition coefficient (Wildman–Crippen LogP) is 2.04. The van der Waals surface area contributed by atoms with Crippen molar-refractivity contribution < 1.29 is 23.1 Å². The molecule has 1 aliphatic carbocycles. The van der Waals surface area contributed by atoms with Crippen LogP contribution in [0.2, 0.25) is 0 Å². The van der Waals surface area contributed by atoms with Gasteiger partial charge in [-0.3, -0.25) is 4.79 Å². The van der Waals surface area contributed by atoms with Crippen LogP contribution in [0.5, 0.6) is 0 Å². The third-order valence-corrected chi connectivity index (χ3v) is 4.27. The minimum absolute atomic E-state index is 0.00463. The number of aliphatic hydroxyl groups excluding tert-OH is 1. The fourth-order valence-electron chi connectivity index (χ4n) is 2.93. The fraction of sp³-hybridized carbons (Fsp3) is 0.688. The van der Waals surface area contributed by atoms with Gasteiger partial charge in [-0.2, -0.15) is 13.2 Å². The summed E-state index contributed by atoms with van der Waals surface area (Å²) in [5.41, 5.74) is -0.480. The van der Waals surface area contributed by atoms with Gasteiger partial charge in [0.25, 0.3) is 0 Å². The van der Waals surface area contributed by atoms with Gasteiger partial charge in [0, 0.05) is 30.3 Å². The highest BCUT2D eigenvalue weighted by atomic mass is 19.4. The first-order chi connectivity index (χ1) is 11.2. The molecule has 2 unspecified atom stereocenters. The van der Waals surface area contributed by atoms with E-state index in [0.29, 0.717) is 31.5 Å². The molecule has 0 fully saturated rings. The van der Waals surface area contributed by atoms with Crippen LogP contribution in [0.15, 0.2) is 0 Å². The molecule has 0 saturated heterocycles. The minimum Gasteiger partial charge on any atom is -0.396 e. The molecule has 1 amide bonds. The van der Waals surface area contributed by atoms with E-state index in [0.717, 1.165) is 0 Å². The van der Waals surface area contributed by atoms with E-state index in [1.54, 1.807) is 0 Å². The summed E-state index contributed by atoms with van der Waals surface area (Å²) in [5.74, 6) is -0.543. The number of aromatic nitrogens is 2. The number of carbonyl (C=O) groups is 1. The molecule has 0 spiro atoms. The molecule has 0 saturated carbocycles. The average molecular weight is 345 g/mol. The lowest BCUT2D eigenvalue weighted by Crippen LogP contribution is -2.37. The lowest BCUT2D eigenvalue weighted by Gasteiger charge is -2.26. The van der Waals surface area contributed by atoms with Gasteiger partial charge in [-0.1, -0.05) is 6.92 Å². The number of aryl methyl sites for hydroxylation is 2. The van der Waals surface area contributed by atoms with Crippen LogP contribution >= 0.6 is 0 Å². The van der Waals surface area contributed by atoms with Crippen molar-refractivity contribution >= 4 is 5.91 Å². The van der Waals surface area contributed by atoms with Crippen LogP contribution in [0.4, 0.5) is 13.2 Å². The monoisotopic (exact) mass is 345 g/mol. The van der Waals surface area contributed by atoms with Crippen molar-refractivity contribution in [3.8, 4) is 0 Å². The number of nitrogens with zero attached hydrogens (tertiary/aromatic N) is 2. The van der Waals surface area contributed by atoms with Crippen molar-refractivity contribution in [3.63, 3.8) is 0 Å². The minimum atomic E-state index is -4.55. The molecule has 1 heterocycles. The molecule has 0 aromatic carbocycles. The molecule has 0 aliphatic heterocycles. The maximum atomic E-state index is 13.2. The topological polar surface area (TPSA) is 75.1 Å². The third kappa shape index (κ3) is 4.43. The molecule has 2 atom stereocenters. The van der Waals surface area contributed by atoms with E-state index in [4.69, 9.17) is 5.11 Å². The van der Waals surface area contributed by atoms with Gasteiger partial charge in [-0.05, 0) is 38.5 Å². The molecule has 0 bridgehead atoms. The lowest BCUT2D eigenvalue weighted by molar-refractivity contribution is -0.142. The fourth-order valence-corrected chi connectivity index (χ4v) is 2.93. The molecule has 134 valence electrons. The number of fused-ring (bicyclic) bond motifs is 1. The molecule has 2 rings (SSSR count). The van der Waals surface area contributed by atoms with Crippen molar-refractivity contribution in [3.05, 3.63) is 22.8 Å². The number of rotatable bonds is 5. The Morgan fingerprint density at radius 3 is 2.75 bits per heavy atom. The van der Waals surface area contributed by atoms with Gasteiger partial charge in [0.15, 0.2) is 5.69 Å². The summed E-state index contributed by atoms with van der Waals surface area (Å²) < 4.78 is 39.6. The molecular formula is C16H22F3N3O2. The first-order valence-corrected chi connectivity index (χ1v) is 8.04. The first-order valence-electron chi connectivity index (χ1n) is 8.04. The number of hydrogen-bond donors (Lipinski definition) is 2. The summed E-state index contributed by atoms with van der Waals surface area (Å²) in [6, 6.07) is 0. The molecule has 1 aromatic heterocycles. The number of alkyl halides is 3. The molecular weight excluding hydrogens is 323 g/mol. The van der Waals surface area contributed by atoms with E-state index < -0.39 is 17.8 Å². The summed E-state index contributed by atoms with van der Waals surface area (Å²) >= 11 is 0. The Kier molecular flexibility index (Phi) is 5.79. The SMILES string of the molecule is Cc1nc2c(c(C(F)(F)F)n1)CC(C(=O)NCC(C)CCO)CC2. The van der Waals surface area contributed by atoms with Gasteiger partial charge >= 0.3 is 6.18 Å². The van der Waals surface area contributed by atoms with Crippen molar-refractivity contribution in [2.75, 3.05) is 13.2 Å². The van der Waals surface area contributed by atoms with E-state index in [1.807, 2.05) is 6.92 Å². The molecule has 5 nitrogen and oxygen atoms in total. The van der Waals surface area contributed by atoms with Crippen molar-refractivity contribution in [1.29, 1.82) is 0 Å². The Morgan fingerprint density at radius 1 is 1.42 bits per heavy atom. The van der Waals surface area contributed by atoms with Crippen molar-refractivity contribution in [2.24, 2.45) is 11.8 Å². The van der Waals surface area contributed by atoms with Crippen LogP contribution in [-0.2, 0) is 23.8 Å². The van der Waals surface area contributed by atoms with Crippen LogP contribution in [-0.4, -0.2) is 34.1 Å². The van der Waals surface area contributed by atoms with Crippen LogP contribution in [0, 0.1) is 18.8 Å². The van der Waals surface area contributed by atoms with Crippen LogP contribution in [0.1, 0.15) is 42.5 Å². The second kappa shape index (κ2) is 7.46. The molecule has 8 heteroatoms. The van der Waals surface area contributed by atoms with E-state index in [1.165, 1.54) is 6.92 Å². The Balaban J connectivity index is 2.12. The normalized spacial score (nSPS) is 18.8. The standard InChI is InChI=1S/C16H22F3N3O2/c1-9(5-6-23)8-20-15(24)11-3-4-13-12(7-11)14(16(17,18)19)22-10(2)21-13/h9,11,23H,3-8H2,1-2H3,(H,20,24). The maximum absolute atomic E-state index is 13.2. The molecule has 1 aromatic rings. The van der Waals surface area contributed by atoms with Gasteiger partial charge in [0.1, 0.15) is 5.82 Å². The van der Waals surface area contributed by atoms with Gasteiger partial charge in [-0.15, -0.1) is 0 Å². The summed E-state index contributed by atoms with van der Waals surface area (Å²) in [7, 11) is 0. The Morgan fingerprint density at radius 2 is 2.12 bits per heavy atom. The van der Waals surface area contributed by atoms with E-state index in [9.17, 15) is 18.0 Å². The van der Waals surface area contributed by atoms with Gasteiger partial charge < -0.3 is 10.4 Å². The maximum Gasteiger partial charge on any atom is 0.433 e. The van der Waals surface area contributed by atoms with E-state index in [-0.39, 0.29) is 36.2 Å². The zero-order valence-corrected chi connectivity index (χ0v) is 13.8. The highest BCUT2D eigenvalue weighted by Crippen LogP contribution is 2.35. The Hall–Kier alpha value is -1.70. The zero-order chi connectivity index (χ0) is 17.9. The number of hydrogen-bond acceptors (Lipinski definition) is 4. The summed E-state index contributed by atoms with van der Waals surface area (Å²) in [6.07, 6.45) is -3.16. The van der Waals surface area contributed by atoms with Gasteiger partial charge in [0.2, 0.25) is 5.91 Å². The van der Waals surface area contributed by atoms with Crippen molar-refractivity contribution in [1.82, 2.24) is 15.3 Å². The van der Waals surface area contributed by atoms with Crippen LogP contribution in [0.25, 0.3) is 0 Å². The summed E-state index contributed by atoms with van der Waals surface area (Å²) in [5, 5.41) is 11.6. The smallest absolute Gasteiger partial charge is 0.396 e. The number of nitrogens with one attached hydrogen (secondary N) is 1. The first kappa shape index (κ1) is 18.6. The largest absolute Gasteiger partial charge is 0.433 e. The summed E-state index contributed by atoms with van der Waals surface area (Å²) in [4.78, 5) is 19.9. The van der Waals surface area contributed by atoms with Crippen LogP contribution < -0.4 is 5.32 Å². The number of amides is 1. The predicted molar refractivity (Wildman–Crippen MR) is 81.2 cm³/mol. The number of halogens is 3. The molecule has 1 aliphatic rings. The zero-order valence-electron chi connectivity index (χ0n) is 13.8. The summed E-state index contributed by atoms with van der Waals surface area (Å²) in [6.45, 7) is 3.78. The third-order valence-electron chi connectivity index (χ3n) is 4.27. The van der Waals surface area contributed by atoms with E-state index in [2.05, 4.69) is 15.3 Å². The van der Waals surface area contributed by atoms with Crippen LogP contribution in [0.3, 0.4) is 0 Å². The molecule has 24 heavy (non-hydrogen) atoms. The highest BCUT2D eigenvalue weighted by molar-refractivity contribution is 5.79. The Labute approximate surface area is 138 Å². The second-order valence-electron chi connectivity index (χ2n) is 6.34. The second-order valence-corrected chi connectivity index (χ2v) is 6.34. The number of aliphatic hydroxyl groups is 1.